The highest BCUT2D eigenvalue weighted by atomic mass is 32.1. The van der Waals surface area contributed by atoms with Gasteiger partial charge in [-0.25, -0.2) is 9.97 Å². The average molecular weight is 423 g/mol. The third-order valence-corrected chi connectivity index (χ3v) is 5.93. The molecule has 0 amide bonds. The molecular weight excluding hydrogens is 396 g/mol. The normalized spacial score (nSPS) is 18.8. The van der Waals surface area contributed by atoms with E-state index in [2.05, 4.69) is 27.1 Å². The van der Waals surface area contributed by atoms with E-state index in [1.165, 1.54) is 0 Å². The van der Waals surface area contributed by atoms with E-state index in [4.69, 9.17) is 4.74 Å². The summed E-state index contributed by atoms with van der Waals surface area (Å²) in [5.74, 6) is 7.59. The van der Waals surface area contributed by atoms with Crippen molar-refractivity contribution in [3.8, 4) is 23.3 Å². The van der Waals surface area contributed by atoms with Crippen LogP contribution in [-0.4, -0.2) is 52.8 Å². The van der Waals surface area contributed by atoms with Crippen LogP contribution in [-0.2, 0) is 0 Å². The minimum absolute atomic E-state index is 0.0823. The first kappa shape index (κ1) is 20.6. The fourth-order valence-electron chi connectivity index (χ4n) is 3.44. The van der Waals surface area contributed by atoms with Gasteiger partial charge in [-0.3, -0.25) is 4.90 Å². The molecule has 2 aromatic heterocycles. The summed E-state index contributed by atoms with van der Waals surface area (Å²) in [5, 5.41) is 14.5. The van der Waals surface area contributed by atoms with Crippen LogP contribution in [0.25, 0.3) is 10.2 Å². The Balaban J connectivity index is 1.46. The number of aromatic nitrogens is 2. The maximum absolute atomic E-state index is 10.2. The van der Waals surface area contributed by atoms with Crippen molar-refractivity contribution in [1.82, 2.24) is 14.9 Å². The molecule has 2 atom stereocenters. The van der Waals surface area contributed by atoms with Crippen molar-refractivity contribution in [3.63, 3.8) is 0 Å². The summed E-state index contributed by atoms with van der Waals surface area (Å²) < 4.78 is 7.07. The molecule has 6 nitrogen and oxygen atoms in total. The highest BCUT2D eigenvalue weighted by Crippen LogP contribution is 2.32. The number of pyridine rings is 1. The number of aliphatic hydroxyl groups is 1. The molecule has 0 unspecified atom stereocenters. The molecule has 1 aromatic carbocycles. The van der Waals surface area contributed by atoms with Crippen molar-refractivity contribution in [1.29, 1.82) is 0 Å². The molecule has 4 rings (SSSR count). The van der Waals surface area contributed by atoms with E-state index < -0.39 is 0 Å². The van der Waals surface area contributed by atoms with E-state index in [0.717, 1.165) is 46.8 Å². The predicted octanol–water partition coefficient (Wildman–Crippen LogP) is 4.11. The number of hydrogen-bond donors (Lipinski definition) is 2. The van der Waals surface area contributed by atoms with E-state index in [0.29, 0.717) is 18.0 Å². The van der Waals surface area contributed by atoms with Gasteiger partial charge in [0.05, 0.1) is 28.9 Å². The summed E-state index contributed by atoms with van der Waals surface area (Å²) in [6, 6.07) is 9.62. The number of hydrogen-bond acceptors (Lipinski definition) is 7. The quantitative estimate of drug-likeness (QED) is 0.603. The van der Waals surface area contributed by atoms with E-state index in [-0.39, 0.29) is 12.1 Å². The zero-order valence-electron chi connectivity index (χ0n) is 17.3. The molecule has 0 aliphatic heterocycles. The number of benzene rings is 1. The number of thiazole rings is 1. The van der Waals surface area contributed by atoms with E-state index in [1.54, 1.807) is 17.5 Å². The second kappa shape index (κ2) is 9.43. The van der Waals surface area contributed by atoms with Gasteiger partial charge in [0.1, 0.15) is 17.2 Å². The summed E-state index contributed by atoms with van der Waals surface area (Å²) in [7, 11) is 3.96. The van der Waals surface area contributed by atoms with E-state index in [1.807, 2.05) is 49.3 Å². The second-order valence-electron chi connectivity index (χ2n) is 7.77. The maximum atomic E-state index is 10.2. The lowest BCUT2D eigenvalue weighted by Crippen LogP contribution is -2.36. The molecule has 0 bridgehead atoms. The van der Waals surface area contributed by atoms with E-state index in [9.17, 15) is 5.11 Å². The third kappa shape index (κ3) is 5.28. The Kier molecular flexibility index (Phi) is 6.48. The van der Waals surface area contributed by atoms with Crippen molar-refractivity contribution in [2.24, 2.45) is 0 Å². The molecule has 2 heterocycles. The van der Waals surface area contributed by atoms with Crippen LogP contribution >= 0.6 is 11.3 Å². The first-order valence-electron chi connectivity index (χ1n) is 10.2. The number of fused-ring (bicyclic) bond motifs is 1. The number of anilines is 1. The largest absolute Gasteiger partial charge is 0.457 e. The van der Waals surface area contributed by atoms with Gasteiger partial charge in [0.2, 0.25) is 0 Å². The minimum Gasteiger partial charge on any atom is -0.457 e. The Hall–Kier alpha value is -2.66. The number of nitrogens with zero attached hydrogens (tertiary/aromatic N) is 3. The van der Waals surface area contributed by atoms with Gasteiger partial charge >= 0.3 is 0 Å². The van der Waals surface area contributed by atoms with Crippen LogP contribution < -0.4 is 10.1 Å². The van der Waals surface area contributed by atoms with Crippen molar-refractivity contribution >= 4 is 26.7 Å². The summed E-state index contributed by atoms with van der Waals surface area (Å²) in [4.78, 5) is 11.0. The zero-order valence-corrected chi connectivity index (χ0v) is 18.1. The van der Waals surface area contributed by atoms with Crippen molar-refractivity contribution in [3.05, 3.63) is 42.2 Å². The monoisotopic (exact) mass is 422 g/mol. The fourth-order valence-corrected chi connectivity index (χ4v) is 4.39. The molecule has 1 saturated carbocycles. The molecule has 30 heavy (non-hydrogen) atoms. The Bertz CT molecular complexity index is 1070. The Morgan fingerprint density at radius 3 is 2.87 bits per heavy atom. The molecule has 7 heteroatoms. The molecule has 3 aromatic rings. The van der Waals surface area contributed by atoms with Crippen molar-refractivity contribution in [2.75, 3.05) is 26.0 Å². The van der Waals surface area contributed by atoms with Crippen LogP contribution in [0.15, 0.2) is 36.5 Å². The van der Waals surface area contributed by atoms with Gasteiger partial charge in [-0.05, 0) is 51.1 Å². The van der Waals surface area contributed by atoms with Crippen LogP contribution in [0, 0.1) is 11.8 Å². The fraction of sp³-hybridized carbons (Fsp3) is 0.391. The zero-order chi connectivity index (χ0) is 20.9. The molecule has 156 valence electrons. The standard InChI is InChI=1S/C23H26N4O2S/c1-27(2)13-5-6-16-14-18(11-12-24-16)29-17-9-10-20-22(15-17)30-23(26-20)25-19-7-3-4-8-21(19)28/h9-12,14-15,19,21,28H,3-4,7-8,13H2,1-2H3,(H,25,26)/t19-,21-/m1/s1. The van der Waals surface area contributed by atoms with Crippen LogP contribution in [0.4, 0.5) is 5.13 Å². The van der Waals surface area contributed by atoms with Gasteiger partial charge in [-0.15, -0.1) is 0 Å². The summed E-state index contributed by atoms with van der Waals surface area (Å²) >= 11 is 1.58. The number of aliphatic hydroxyl groups excluding tert-OH is 1. The van der Waals surface area contributed by atoms with E-state index >= 15 is 0 Å². The molecule has 0 spiro atoms. The van der Waals surface area contributed by atoms with Gasteiger partial charge in [0.15, 0.2) is 5.13 Å². The van der Waals surface area contributed by atoms with Crippen molar-refractivity contribution < 1.29 is 9.84 Å². The summed E-state index contributed by atoms with van der Waals surface area (Å²) in [6.07, 6.45) is 5.48. The van der Waals surface area contributed by atoms with Crippen LogP contribution in [0.5, 0.6) is 11.5 Å². The summed E-state index contributed by atoms with van der Waals surface area (Å²) in [5.41, 5.74) is 1.61. The van der Waals surface area contributed by atoms with Gasteiger partial charge < -0.3 is 15.2 Å². The molecule has 1 fully saturated rings. The number of nitrogens with one attached hydrogen (secondary N) is 1. The van der Waals surface area contributed by atoms with Crippen molar-refractivity contribution in [2.45, 2.75) is 37.8 Å². The Morgan fingerprint density at radius 1 is 1.20 bits per heavy atom. The van der Waals surface area contributed by atoms with Crippen LogP contribution in [0.2, 0.25) is 0 Å². The molecule has 1 aliphatic carbocycles. The number of ether oxygens (including phenoxy) is 1. The van der Waals surface area contributed by atoms with Gasteiger partial charge in [0, 0.05) is 18.3 Å². The van der Waals surface area contributed by atoms with Gasteiger partial charge in [0.25, 0.3) is 0 Å². The lowest BCUT2D eigenvalue weighted by Gasteiger charge is -2.27. The Morgan fingerprint density at radius 2 is 2.03 bits per heavy atom. The third-order valence-electron chi connectivity index (χ3n) is 4.98. The SMILES string of the molecule is CN(C)CC#Cc1cc(Oc2ccc3nc(N[C@@H]4CCCC[C@H]4O)sc3c2)ccn1. The smallest absolute Gasteiger partial charge is 0.184 e. The molecule has 0 radical (unpaired) electrons. The lowest BCUT2D eigenvalue weighted by atomic mass is 9.93. The molecule has 1 aliphatic rings. The first-order valence-corrected chi connectivity index (χ1v) is 11.0. The lowest BCUT2D eigenvalue weighted by molar-refractivity contribution is 0.116. The van der Waals surface area contributed by atoms with Crippen LogP contribution in [0.1, 0.15) is 31.4 Å². The maximum Gasteiger partial charge on any atom is 0.184 e. The highest BCUT2D eigenvalue weighted by Gasteiger charge is 2.23. The predicted molar refractivity (Wildman–Crippen MR) is 121 cm³/mol. The van der Waals surface area contributed by atoms with Crippen LogP contribution in [0.3, 0.4) is 0 Å². The van der Waals surface area contributed by atoms with Gasteiger partial charge in [-0.1, -0.05) is 30.1 Å². The Labute approximate surface area is 180 Å². The summed E-state index contributed by atoms with van der Waals surface area (Å²) in [6.45, 7) is 0.684. The highest BCUT2D eigenvalue weighted by molar-refractivity contribution is 7.22. The molecule has 0 saturated heterocycles. The van der Waals surface area contributed by atoms with Gasteiger partial charge in [-0.2, -0.15) is 0 Å². The number of rotatable bonds is 5. The first-order chi connectivity index (χ1) is 14.6. The minimum atomic E-state index is -0.300. The molecular formula is C23H26N4O2S. The average Bonchev–Trinajstić information content (AvgIpc) is 3.11. The molecule has 2 N–H and O–H groups in total. The second-order valence-corrected chi connectivity index (χ2v) is 8.80. The topological polar surface area (TPSA) is 70.5 Å².